The van der Waals surface area contributed by atoms with E-state index in [0.29, 0.717) is 12.5 Å². The van der Waals surface area contributed by atoms with Crippen LogP contribution in [0, 0.1) is 5.92 Å². The van der Waals surface area contributed by atoms with Crippen LogP contribution in [0.2, 0.25) is 0 Å². The molecule has 17 heavy (non-hydrogen) atoms. The van der Waals surface area contributed by atoms with E-state index in [1.165, 1.54) is 0 Å². The van der Waals surface area contributed by atoms with Crippen LogP contribution in [0.25, 0.3) is 0 Å². The number of benzene rings is 1. The van der Waals surface area contributed by atoms with Gasteiger partial charge in [-0.1, -0.05) is 37.3 Å². The van der Waals surface area contributed by atoms with Crippen molar-refractivity contribution in [3.63, 3.8) is 0 Å². The van der Waals surface area contributed by atoms with Gasteiger partial charge in [0.25, 0.3) is 0 Å². The van der Waals surface area contributed by atoms with Crippen LogP contribution in [0.5, 0.6) is 0 Å². The standard InChI is InChI=1S/C14H22N2O/c1-11-8-16(9-13(11)15)10-14(2,17)12-6-4-3-5-7-12/h3-7,11,13,17H,8-10,15H2,1-2H3. The van der Waals surface area contributed by atoms with E-state index in [9.17, 15) is 5.11 Å². The maximum absolute atomic E-state index is 10.5. The zero-order valence-corrected chi connectivity index (χ0v) is 10.6. The van der Waals surface area contributed by atoms with Crippen LogP contribution >= 0.6 is 0 Å². The molecule has 0 radical (unpaired) electrons. The molecule has 1 aliphatic heterocycles. The number of aliphatic hydroxyl groups is 1. The van der Waals surface area contributed by atoms with E-state index in [4.69, 9.17) is 5.73 Å². The van der Waals surface area contributed by atoms with Gasteiger partial charge in [0, 0.05) is 25.7 Å². The second-order valence-corrected chi connectivity index (χ2v) is 5.48. The molecule has 0 aromatic heterocycles. The van der Waals surface area contributed by atoms with E-state index in [1.807, 2.05) is 37.3 Å². The fourth-order valence-electron chi connectivity index (χ4n) is 2.55. The first-order valence-electron chi connectivity index (χ1n) is 6.25. The predicted molar refractivity (Wildman–Crippen MR) is 69.6 cm³/mol. The first-order chi connectivity index (χ1) is 7.99. The van der Waals surface area contributed by atoms with Crippen molar-refractivity contribution in [1.82, 2.24) is 4.90 Å². The Morgan fingerprint density at radius 1 is 1.35 bits per heavy atom. The zero-order chi connectivity index (χ0) is 12.5. The first-order valence-corrected chi connectivity index (χ1v) is 6.25. The number of nitrogens with zero attached hydrogens (tertiary/aromatic N) is 1. The molecule has 3 N–H and O–H groups in total. The molecule has 1 aliphatic rings. The van der Waals surface area contributed by atoms with Crippen molar-refractivity contribution in [2.75, 3.05) is 19.6 Å². The third-order valence-electron chi connectivity index (χ3n) is 3.67. The number of likely N-dealkylation sites (tertiary alicyclic amines) is 1. The molecule has 0 amide bonds. The Morgan fingerprint density at radius 2 is 2.00 bits per heavy atom. The number of hydrogen-bond acceptors (Lipinski definition) is 3. The van der Waals surface area contributed by atoms with Crippen molar-refractivity contribution >= 4 is 0 Å². The molecule has 0 aliphatic carbocycles. The number of β-amino-alcohol motifs (C(OH)–C–C–N with tert-alkyl or cyclic N) is 1. The van der Waals surface area contributed by atoms with Gasteiger partial charge in [0.15, 0.2) is 0 Å². The van der Waals surface area contributed by atoms with Crippen LogP contribution in [0.1, 0.15) is 19.4 Å². The second kappa shape index (κ2) is 4.77. The molecule has 2 rings (SSSR count). The molecule has 1 saturated heterocycles. The van der Waals surface area contributed by atoms with Crippen LogP contribution in [0.4, 0.5) is 0 Å². The maximum Gasteiger partial charge on any atom is 0.0994 e. The summed E-state index contributed by atoms with van der Waals surface area (Å²) in [7, 11) is 0. The summed E-state index contributed by atoms with van der Waals surface area (Å²) >= 11 is 0. The Bertz CT molecular complexity index is 354. The van der Waals surface area contributed by atoms with E-state index in [-0.39, 0.29) is 6.04 Å². The average molecular weight is 234 g/mol. The average Bonchev–Trinajstić information content (AvgIpc) is 2.58. The molecule has 1 fully saturated rings. The lowest BCUT2D eigenvalue weighted by Crippen LogP contribution is -2.38. The molecule has 0 saturated carbocycles. The van der Waals surface area contributed by atoms with Gasteiger partial charge in [-0.3, -0.25) is 4.90 Å². The Labute approximate surface area is 103 Å². The lowest BCUT2D eigenvalue weighted by molar-refractivity contribution is 0.0217. The van der Waals surface area contributed by atoms with Gasteiger partial charge in [-0.05, 0) is 18.4 Å². The predicted octanol–water partition coefficient (Wildman–Crippen LogP) is 1.17. The van der Waals surface area contributed by atoms with E-state index >= 15 is 0 Å². The first kappa shape index (κ1) is 12.6. The molecule has 0 bridgehead atoms. The van der Waals surface area contributed by atoms with E-state index in [0.717, 1.165) is 18.7 Å². The largest absolute Gasteiger partial charge is 0.384 e. The number of nitrogens with two attached hydrogens (primary N) is 1. The maximum atomic E-state index is 10.5. The van der Waals surface area contributed by atoms with Crippen LogP contribution in [0.15, 0.2) is 30.3 Å². The summed E-state index contributed by atoms with van der Waals surface area (Å²) in [6.07, 6.45) is 0. The van der Waals surface area contributed by atoms with Gasteiger partial charge in [-0.25, -0.2) is 0 Å². The van der Waals surface area contributed by atoms with Gasteiger partial charge in [0.2, 0.25) is 0 Å². The Hall–Kier alpha value is -0.900. The van der Waals surface area contributed by atoms with E-state index in [1.54, 1.807) is 0 Å². The fraction of sp³-hybridized carbons (Fsp3) is 0.571. The van der Waals surface area contributed by atoms with Crippen LogP contribution in [0.3, 0.4) is 0 Å². The van der Waals surface area contributed by atoms with Gasteiger partial charge in [-0.2, -0.15) is 0 Å². The van der Waals surface area contributed by atoms with Crippen molar-refractivity contribution < 1.29 is 5.11 Å². The quantitative estimate of drug-likeness (QED) is 0.825. The summed E-state index contributed by atoms with van der Waals surface area (Å²) in [4.78, 5) is 2.25. The molecular weight excluding hydrogens is 212 g/mol. The Morgan fingerprint density at radius 3 is 2.53 bits per heavy atom. The molecule has 1 heterocycles. The minimum absolute atomic E-state index is 0.238. The topological polar surface area (TPSA) is 49.5 Å². The van der Waals surface area contributed by atoms with Gasteiger partial charge < -0.3 is 10.8 Å². The van der Waals surface area contributed by atoms with Crippen LogP contribution in [-0.2, 0) is 5.60 Å². The molecule has 94 valence electrons. The molecule has 3 nitrogen and oxygen atoms in total. The minimum Gasteiger partial charge on any atom is -0.384 e. The van der Waals surface area contributed by atoms with Gasteiger partial charge in [0.05, 0.1) is 5.60 Å². The molecule has 3 heteroatoms. The van der Waals surface area contributed by atoms with Crippen LogP contribution < -0.4 is 5.73 Å². The molecule has 3 atom stereocenters. The fourth-order valence-corrected chi connectivity index (χ4v) is 2.55. The number of rotatable bonds is 3. The molecular formula is C14H22N2O. The summed E-state index contributed by atoms with van der Waals surface area (Å²) < 4.78 is 0. The number of hydrogen-bond donors (Lipinski definition) is 2. The van der Waals surface area contributed by atoms with Crippen molar-refractivity contribution in [2.24, 2.45) is 11.7 Å². The van der Waals surface area contributed by atoms with Crippen molar-refractivity contribution in [1.29, 1.82) is 0 Å². The highest BCUT2D eigenvalue weighted by Gasteiger charge is 2.32. The van der Waals surface area contributed by atoms with Gasteiger partial charge in [0.1, 0.15) is 0 Å². The van der Waals surface area contributed by atoms with Crippen molar-refractivity contribution in [3.05, 3.63) is 35.9 Å². The molecule has 1 aromatic rings. The summed E-state index contributed by atoms with van der Waals surface area (Å²) in [5.74, 6) is 0.515. The lowest BCUT2D eigenvalue weighted by atomic mass is 9.95. The Kier molecular flexibility index (Phi) is 3.52. The monoisotopic (exact) mass is 234 g/mol. The summed E-state index contributed by atoms with van der Waals surface area (Å²) in [5.41, 5.74) is 6.17. The normalized spacial score (nSPS) is 29.2. The smallest absolute Gasteiger partial charge is 0.0994 e. The van der Waals surface area contributed by atoms with Crippen molar-refractivity contribution in [2.45, 2.75) is 25.5 Å². The second-order valence-electron chi connectivity index (χ2n) is 5.48. The van der Waals surface area contributed by atoms with Crippen LogP contribution in [-0.4, -0.2) is 35.7 Å². The minimum atomic E-state index is -0.801. The Balaban J connectivity index is 2.03. The third-order valence-corrected chi connectivity index (χ3v) is 3.67. The molecule has 0 spiro atoms. The highest BCUT2D eigenvalue weighted by molar-refractivity contribution is 5.21. The third kappa shape index (κ3) is 2.86. The summed E-state index contributed by atoms with van der Waals surface area (Å²) in [6.45, 7) is 6.54. The highest BCUT2D eigenvalue weighted by Crippen LogP contribution is 2.24. The summed E-state index contributed by atoms with van der Waals surface area (Å²) in [5, 5.41) is 10.5. The SMILES string of the molecule is CC1CN(CC(C)(O)c2ccccc2)CC1N. The van der Waals surface area contributed by atoms with Crippen molar-refractivity contribution in [3.8, 4) is 0 Å². The summed E-state index contributed by atoms with van der Waals surface area (Å²) in [6, 6.07) is 10.1. The lowest BCUT2D eigenvalue weighted by Gasteiger charge is -2.29. The molecule has 3 unspecified atom stereocenters. The van der Waals surface area contributed by atoms with Gasteiger partial charge >= 0.3 is 0 Å². The molecule has 1 aromatic carbocycles. The van der Waals surface area contributed by atoms with Gasteiger partial charge in [-0.15, -0.1) is 0 Å². The zero-order valence-electron chi connectivity index (χ0n) is 10.6. The van der Waals surface area contributed by atoms with E-state index < -0.39 is 5.60 Å². The van der Waals surface area contributed by atoms with E-state index in [2.05, 4.69) is 11.8 Å². The highest BCUT2D eigenvalue weighted by atomic mass is 16.3.